The molecule has 0 aliphatic carbocycles. The summed E-state index contributed by atoms with van der Waals surface area (Å²) in [5.74, 6) is 0. The van der Waals surface area contributed by atoms with Gasteiger partial charge in [0, 0.05) is 0 Å². The molecule has 0 saturated carbocycles. The summed E-state index contributed by atoms with van der Waals surface area (Å²) in [6, 6.07) is 0. The highest BCUT2D eigenvalue weighted by Gasteiger charge is 2.12. The molecule has 0 atom stereocenters. The van der Waals surface area contributed by atoms with E-state index in [-0.39, 0.29) is 0 Å². The minimum atomic E-state index is 0.529. The van der Waals surface area contributed by atoms with Gasteiger partial charge in [0.25, 0.3) is 6.47 Å². The quantitative estimate of drug-likeness (QED) is 0.525. The van der Waals surface area contributed by atoms with E-state index in [9.17, 15) is 4.79 Å². The third kappa shape index (κ3) is 2.35. The van der Waals surface area contributed by atoms with E-state index in [1.807, 2.05) is 0 Å². The Kier molecular flexibility index (Phi) is 3.22. The molecule has 0 bridgehead atoms. The molecule has 3 heteroatoms. The Labute approximate surface area is 61.0 Å². The van der Waals surface area contributed by atoms with E-state index in [2.05, 4.69) is 4.74 Å². The standard InChI is InChI=1S/C7H13NO2/c9-7-10-6-8-4-2-1-3-5-8/h7H,1-6H2/p+1. The first-order valence-electron chi connectivity index (χ1n) is 3.82. The SMILES string of the molecule is O=COC[NH+]1CCCCC1. The first kappa shape index (κ1) is 7.54. The number of rotatable bonds is 3. The van der Waals surface area contributed by atoms with Crippen molar-refractivity contribution in [1.82, 2.24) is 0 Å². The fraction of sp³-hybridized carbons (Fsp3) is 0.857. The molecular weight excluding hydrogens is 130 g/mol. The van der Waals surface area contributed by atoms with Gasteiger partial charge >= 0.3 is 0 Å². The van der Waals surface area contributed by atoms with Crippen LogP contribution in [0.4, 0.5) is 0 Å². The fourth-order valence-corrected chi connectivity index (χ4v) is 1.35. The van der Waals surface area contributed by atoms with Gasteiger partial charge < -0.3 is 9.64 Å². The van der Waals surface area contributed by atoms with Gasteiger partial charge in [-0.2, -0.15) is 0 Å². The molecule has 0 aromatic heterocycles. The van der Waals surface area contributed by atoms with Gasteiger partial charge in [-0.05, 0) is 19.3 Å². The van der Waals surface area contributed by atoms with Crippen molar-refractivity contribution in [2.24, 2.45) is 0 Å². The normalized spacial score (nSPS) is 20.4. The summed E-state index contributed by atoms with van der Waals surface area (Å²) in [5.41, 5.74) is 0. The molecule has 58 valence electrons. The molecule has 3 nitrogen and oxygen atoms in total. The van der Waals surface area contributed by atoms with Crippen molar-refractivity contribution in [1.29, 1.82) is 0 Å². The number of hydrogen-bond acceptors (Lipinski definition) is 2. The van der Waals surface area contributed by atoms with Gasteiger partial charge in [0.05, 0.1) is 13.1 Å². The number of carbonyl (C=O) groups excluding carboxylic acids is 1. The zero-order chi connectivity index (χ0) is 7.23. The molecule has 1 N–H and O–H groups in total. The van der Waals surface area contributed by atoms with Crippen molar-refractivity contribution < 1.29 is 14.4 Å². The van der Waals surface area contributed by atoms with Crippen molar-refractivity contribution >= 4 is 6.47 Å². The molecule has 1 rings (SSSR count). The van der Waals surface area contributed by atoms with E-state index in [0.29, 0.717) is 13.2 Å². The Hall–Kier alpha value is -0.570. The molecular formula is C7H14NO2+. The first-order chi connectivity index (χ1) is 4.93. The minimum absolute atomic E-state index is 0.529. The topological polar surface area (TPSA) is 30.7 Å². The molecule has 1 fully saturated rings. The lowest BCUT2D eigenvalue weighted by Gasteiger charge is -2.21. The fourth-order valence-electron chi connectivity index (χ4n) is 1.35. The second-order valence-corrected chi connectivity index (χ2v) is 2.72. The molecule has 0 aromatic rings. The van der Waals surface area contributed by atoms with Crippen LogP contribution in [0.1, 0.15) is 19.3 Å². The lowest BCUT2D eigenvalue weighted by atomic mass is 10.1. The van der Waals surface area contributed by atoms with Crippen molar-refractivity contribution in [3.8, 4) is 0 Å². The molecule has 0 spiro atoms. The van der Waals surface area contributed by atoms with Gasteiger partial charge in [-0.15, -0.1) is 0 Å². The minimum Gasteiger partial charge on any atom is -0.417 e. The summed E-state index contributed by atoms with van der Waals surface area (Å²) in [5, 5.41) is 0. The van der Waals surface area contributed by atoms with Gasteiger partial charge in [-0.25, -0.2) is 0 Å². The Balaban J connectivity index is 2.07. The number of carbonyl (C=O) groups is 1. The predicted molar refractivity (Wildman–Crippen MR) is 36.6 cm³/mol. The summed E-state index contributed by atoms with van der Waals surface area (Å²) in [6.07, 6.45) is 3.89. The van der Waals surface area contributed by atoms with Crippen LogP contribution in [-0.2, 0) is 9.53 Å². The van der Waals surface area contributed by atoms with E-state index in [1.165, 1.54) is 24.2 Å². The van der Waals surface area contributed by atoms with Gasteiger partial charge in [-0.3, -0.25) is 4.79 Å². The molecule has 0 unspecified atom stereocenters. The molecule has 1 aliphatic rings. The zero-order valence-corrected chi connectivity index (χ0v) is 6.14. The molecule has 0 aromatic carbocycles. The summed E-state index contributed by atoms with van der Waals surface area (Å²) >= 11 is 0. The molecule has 0 radical (unpaired) electrons. The highest BCUT2D eigenvalue weighted by molar-refractivity contribution is 5.36. The third-order valence-electron chi connectivity index (χ3n) is 1.92. The van der Waals surface area contributed by atoms with Crippen LogP contribution in [0.25, 0.3) is 0 Å². The van der Waals surface area contributed by atoms with Crippen molar-refractivity contribution in [2.45, 2.75) is 19.3 Å². The third-order valence-corrected chi connectivity index (χ3v) is 1.92. The Morgan fingerprint density at radius 1 is 1.30 bits per heavy atom. The summed E-state index contributed by atoms with van der Waals surface area (Å²) in [4.78, 5) is 11.2. The predicted octanol–water partition coefficient (Wildman–Crippen LogP) is -0.814. The average molecular weight is 144 g/mol. The van der Waals surface area contributed by atoms with Gasteiger partial charge in [0.15, 0.2) is 0 Å². The van der Waals surface area contributed by atoms with E-state index in [0.717, 1.165) is 13.1 Å². The van der Waals surface area contributed by atoms with Crippen LogP contribution in [0.15, 0.2) is 0 Å². The molecule has 0 amide bonds. The van der Waals surface area contributed by atoms with E-state index < -0.39 is 0 Å². The second kappa shape index (κ2) is 4.28. The van der Waals surface area contributed by atoms with Crippen LogP contribution in [-0.4, -0.2) is 26.3 Å². The van der Waals surface area contributed by atoms with Crippen LogP contribution < -0.4 is 4.90 Å². The monoisotopic (exact) mass is 144 g/mol. The highest BCUT2D eigenvalue weighted by atomic mass is 16.5. The van der Waals surface area contributed by atoms with Gasteiger partial charge in [-0.1, -0.05) is 0 Å². The number of hydrogen-bond donors (Lipinski definition) is 1. The highest BCUT2D eigenvalue weighted by Crippen LogP contribution is 1.93. The first-order valence-corrected chi connectivity index (χ1v) is 3.82. The number of ether oxygens (including phenoxy) is 1. The van der Waals surface area contributed by atoms with Gasteiger partial charge in [0.1, 0.15) is 0 Å². The van der Waals surface area contributed by atoms with E-state index in [4.69, 9.17) is 0 Å². The second-order valence-electron chi connectivity index (χ2n) is 2.72. The largest absolute Gasteiger partial charge is 0.417 e. The molecule has 10 heavy (non-hydrogen) atoms. The summed E-state index contributed by atoms with van der Waals surface area (Å²) < 4.78 is 4.66. The summed E-state index contributed by atoms with van der Waals surface area (Å²) in [7, 11) is 0. The lowest BCUT2D eigenvalue weighted by molar-refractivity contribution is -0.921. The van der Waals surface area contributed by atoms with Crippen LogP contribution in [0, 0.1) is 0 Å². The van der Waals surface area contributed by atoms with Crippen LogP contribution in [0.5, 0.6) is 0 Å². The lowest BCUT2D eigenvalue weighted by Crippen LogP contribution is -3.13. The number of likely N-dealkylation sites (tertiary alicyclic amines) is 1. The molecule has 1 heterocycles. The van der Waals surface area contributed by atoms with Crippen molar-refractivity contribution in [3.05, 3.63) is 0 Å². The Morgan fingerprint density at radius 2 is 2.00 bits per heavy atom. The Bertz CT molecular complexity index is 99.8. The number of nitrogens with one attached hydrogen (secondary N) is 1. The number of piperidine rings is 1. The zero-order valence-electron chi connectivity index (χ0n) is 6.14. The van der Waals surface area contributed by atoms with Crippen LogP contribution >= 0.6 is 0 Å². The average Bonchev–Trinajstić information content (AvgIpc) is 2.03. The Morgan fingerprint density at radius 3 is 2.60 bits per heavy atom. The van der Waals surface area contributed by atoms with E-state index >= 15 is 0 Å². The molecule has 1 aliphatic heterocycles. The van der Waals surface area contributed by atoms with Crippen molar-refractivity contribution in [3.63, 3.8) is 0 Å². The summed E-state index contributed by atoms with van der Waals surface area (Å²) in [6.45, 7) is 3.41. The van der Waals surface area contributed by atoms with Crippen molar-refractivity contribution in [2.75, 3.05) is 19.8 Å². The number of quaternary nitrogens is 1. The van der Waals surface area contributed by atoms with Crippen LogP contribution in [0.3, 0.4) is 0 Å². The van der Waals surface area contributed by atoms with Gasteiger partial charge in [0.2, 0.25) is 6.73 Å². The maximum atomic E-state index is 9.81. The van der Waals surface area contributed by atoms with Crippen LogP contribution in [0.2, 0.25) is 0 Å². The maximum absolute atomic E-state index is 9.81. The van der Waals surface area contributed by atoms with E-state index in [1.54, 1.807) is 0 Å². The maximum Gasteiger partial charge on any atom is 0.297 e. The molecule has 1 saturated heterocycles. The smallest absolute Gasteiger partial charge is 0.297 e.